The number of H-pyrrole nitrogens is 1. The van der Waals surface area contributed by atoms with Gasteiger partial charge < -0.3 is 19.4 Å². The van der Waals surface area contributed by atoms with Crippen LogP contribution < -0.4 is 14.8 Å². The maximum atomic E-state index is 13.1. The molecule has 4 aromatic rings. The van der Waals surface area contributed by atoms with Crippen LogP contribution in [0.3, 0.4) is 0 Å². The molecule has 0 saturated carbocycles. The average Bonchev–Trinajstić information content (AvgIpc) is 3.13. The van der Waals surface area contributed by atoms with Crippen molar-refractivity contribution in [3.8, 4) is 22.8 Å². The summed E-state index contributed by atoms with van der Waals surface area (Å²) < 4.78 is 13.5. The molecule has 2 aromatic carbocycles. The van der Waals surface area contributed by atoms with E-state index in [1.807, 2.05) is 42.5 Å². The Morgan fingerprint density at radius 1 is 1.16 bits per heavy atom. The first-order valence-corrected chi connectivity index (χ1v) is 10.2. The fourth-order valence-corrected chi connectivity index (χ4v) is 3.66. The molecule has 0 aliphatic carbocycles. The second-order valence-corrected chi connectivity index (χ2v) is 7.50. The molecule has 0 unspecified atom stereocenters. The summed E-state index contributed by atoms with van der Waals surface area (Å²) in [5, 5.41) is 10.6. The number of benzene rings is 2. The molecule has 2 N–H and O–H groups in total. The molecule has 156 valence electrons. The number of hydrogen-bond donors (Lipinski definition) is 2. The third-order valence-corrected chi connectivity index (χ3v) is 5.54. The maximum Gasteiger partial charge on any atom is 0.252 e. The van der Waals surface area contributed by atoms with Crippen molar-refractivity contribution in [1.82, 2.24) is 25.1 Å². The number of carbonyl (C=O) groups excluding carboxylic acids is 1. The molecule has 9 heteroatoms. The molecular formula is C22H19N5O3S. The Labute approximate surface area is 182 Å². The minimum Gasteiger partial charge on any atom is -0.486 e. The van der Waals surface area contributed by atoms with Gasteiger partial charge in [-0.25, -0.2) is 4.98 Å². The number of amides is 1. The van der Waals surface area contributed by atoms with E-state index in [4.69, 9.17) is 26.7 Å². The number of ether oxygens (including phenoxy) is 2. The number of hydrogen-bond acceptors (Lipinski definition) is 6. The summed E-state index contributed by atoms with van der Waals surface area (Å²) >= 11 is 5.13. The van der Waals surface area contributed by atoms with Crippen LogP contribution in [-0.4, -0.2) is 38.9 Å². The minimum atomic E-state index is -0.216. The predicted octanol–water partition coefficient (Wildman–Crippen LogP) is 3.39. The zero-order valence-corrected chi connectivity index (χ0v) is 17.5. The van der Waals surface area contributed by atoms with Gasteiger partial charge in [-0.3, -0.25) is 9.89 Å². The van der Waals surface area contributed by atoms with Crippen molar-refractivity contribution < 1.29 is 14.3 Å². The summed E-state index contributed by atoms with van der Waals surface area (Å²) in [6, 6.07) is 15.0. The van der Waals surface area contributed by atoms with Gasteiger partial charge in [-0.2, -0.15) is 5.10 Å². The molecule has 0 bridgehead atoms. The standard InChI is InChI=1S/C22H19N5O3S/c1-27-20(25-26-22(27)31)12-23-21(28)15-11-17(24-16-5-3-2-4-14(15)16)13-6-7-18-19(10-13)30-9-8-29-18/h2-7,10-11H,8-9,12H2,1H3,(H,23,28)(H,26,31). The third kappa shape index (κ3) is 3.64. The second kappa shape index (κ2) is 7.84. The van der Waals surface area contributed by atoms with Crippen molar-refractivity contribution in [2.45, 2.75) is 6.54 Å². The van der Waals surface area contributed by atoms with E-state index in [0.717, 1.165) is 16.5 Å². The van der Waals surface area contributed by atoms with Crippen LogP contribution in [0, 0.1) is 4.77 Å². The van der Waals surface area contributed by atoms with Crippen molar-refractivity contribution in [3.05, 3.63) is 64.7 Å². The normalized spacial score (nSPS) is 12.7. The molecule has 8 nitrogen and oxygen atoms in total. The Kier molecular flexibility index (Phi) is 4.87. The largest absolute Gasteiger partial charge is 0.486 e. The topological polar surface area (TPSA) is 94.1 Å². The van der Waals surface area contributed by atoms with Gasteiger partial charge in [0.25, 0.3) is 5.91 Å². The minimum absolute atomic E-state index is 0.216. The molecule has 5 rings (SSSR count). The highest BCUT2D eigenvalue weighted by Gasteiger charge is 2.17. The van der Waals surface area contributed by atoms with Crippen molar-refractivity contribution in [2.75, 3.05) is 13.2 Å². The lowest BCUT2D eigenvalue weighted by molar-refractivity contribution is 0.0951. The Hall–Kier alpha value is -3.72. The summed E-state index contributed by atoms with van der Waals surface area (Å²) in [5.41, 5.74) is 2.79. The highest BCUT2D eigenvalue weighted by Crippen LogP contribution is 2.35. The first kappa shape index (κ1) is 19.3. The summed E-state index contributed by atoms with van der Waals surface area (Å²) in [5.74, 6) is 1.81. The highest BCUT2D eigenvalue weighted by molar-refractivity contribution is 7.71. The van der Waals surface area contributed by atoms with E-state index in [1.165, 1.54) is 0 Å². The lowest BCUT2D eigenvalue weighted by Crippen LogP contribution is -2.25. The van der Waals surface area contributed by atoms with Crippen LogP contribution in [-0.2, 0) is 13.6 Å². The van der Waals surface area contributed by atoms with E-state index >= 15 is 0 Å². The Morgan fingerprint density at radius 3 is 2.77 bits per heavy atom. The van der Waals surface area contributed by atoms with Crippen molar-refractivity contribution in [1.29, 1.82) is 0 Å². The van der Waals surface area contributed by atoms with Crippen LogP contribution in [0.2, 0.25) is 0 Å². The van der Waals surface area contributed by atoms with E-state index in [-0.39, 0.29) is 12.5 Å². The van der Waals surface area contributed by atoms with Gasteiger partial charge in [-0.05, 0) is 42.5 Å². The van der Waals surface area contributed by atoms with Gasteiger partial charge in [0.1, 0.15) is 13.2 Å². The Balaban J connectivity index is 1.52. The molecule has 0 saturated heterocycles. The summed E-state index contributed by atoms with van der Waals surface area (Å²) in [4.78, 5) is 17.9. The Morgan fingerprint density at radius 2 is 1.97 bits per heavy atom. The van der Waals surface area contributed by atoms with Crippen molar-refractivity contribution in [2.24, 2.45) is 7.05 Å². The molecule has 0 fully saturated rings. The number of nitrogens with one attached hydrogen (secondary N) is 2. The van der Waals surface area contributed by atoms with E-state index in [0.29, 0.717) is 46.6 Å². The highest BCUT2D eigenvalue weighted by atomic mass is 32.1. The Bertz CT molecular complexity index is 1360. The van der Waals surface area contributed by atoms with Crippen LogP contribution in [0.5, 0.6) is 11.5 Å². The SMILES string of the molecule is Cn1c(CNC(=O)c2cc(-c3ccc4c(c3)OCCO4)nc3ccccc23)n[nH]c1=S. The molecule has 1 amide bonds. The molecular weight excluding hydrogens is 414 g/mol. The van der Waals surface area contributed by atoms with Gasteiger partial charge in [0.2, 0.25) is 0 Å². The molecule has 0 radical (unpaired) electrons. The van der Waals surface area contributed by atoms with Crippen LogP contribution in [0.25, 0.3) is 22.2 Å². The molecule has 31 heavy (non-hydrogen) atoms. The van der Waals surface area contributed by atoms with E-state index in [1.54, 1.807) is 17.7 Å². The van der Waals surface area contributed by atoms with Crippen LogP contribution in [0.4, 0.5) is 0 Å². The van der Waals surface area contributed by atoms with Gasteiger partial charge in [0, 0.05) is 18.0 Å². The number of rotatable bonds is 4. The number of pyridine rings is 1. The van der Waals surface area contributed by atoms with Crippen LogP contribution >= 0.6 is 12.2 Å². The number of para-hydroxylation sites is 1. The van der Waals surface area contributed by atoms with Gasteiger partial charge in [-0.15, -0.1) is 0 Å². The maximum absolute atomic E-state index is 13.1. The smallest absolute Gasteiger partial charge is 0.252 e. The van der Waals surface area contributed by atoms with Crippen LogP contribution in [0.1, 0.15) is 16.2 Å². The number of aromatic amines is 1. The number of aromatic nitrogens is 4. The van der Waals surface area contributed by atoms with E-state index < -0.39 is 0 Å². The number of carbonyl (C=O) groups is 1. The van der Waals surface area contributed by atoms with E-state index in [9.17, 15) is 4.79 Å². The average molecular weight is 433 g/mol. The lowest BCUT2D eigenvalue weighted by Gasteiger charge is -2.19. The predicted molar refractivity (Wildman–Crippen MR) is 118 cm³/mol. The quantitative estimate of drug-likeness (QED) is 0.479. The monoisotopic (exact) mass is 433 g/mol. The summed E-state index contributed by atoms with van der Waals surface area (Å²) in [6.45, 7) is 1.29. The molecule has 1 aliphatic rings. The van der Waals surface area contributed by atoms with Crippen molar-refractivity contribution >= 4 is 29.0 Å². The fraction of sp³-hybridized carbons (Fsp3) is 0.182. The fourth-order valence-electron chi connectivity index (χ4n) is 3.51. The summed E-state index contributed by atoms with van der Waals surface area (Å²) in [6.07, 6.45) is 0. The first-order chi connectivity index (χ1) is 15.1. The van der Waals surface area contributed by atoms with Gasteiger partial charge in [0.15, 0.2) is 22.1 Å². The van der Waals surface area contributed by atoms with Crippen molar-refractivity contribution in [3.63, 3.8) is 0 Å². The third-order valence-electron chi connectivity index (χ3n) is 5.18. The molecule has 3 heterocycles. The summed E-state index contributed by atoms with van der Waals surface area (Å²) in [7, 11) is 1.80. The van der Waals surface area contributed by atoms with E-state index in [2.05, 4.69) is 15.5 Å². The number of nitrogens with zero attached hydrogens (tertiary/aromatic N) is 3. The first-order valence-electron chi connectivity index (χ1n) is 9.78. The van der Waals surface area contributed by atoms with Crippen LogP contribution in [0.15, 0.2) is 48.5 Å². The molecule has 2 aromatic heterocycles. The van der Waals surface area contributed by atoms with Gasteiger partial charge in [0.05, 0.1) is 23.3 Å². The molecule has 0 atom stereocenters. The van der Waals surface area contributed by atoms with Gasteiger partial charge >= 0.3 is 0 Å². The second-order valence-electron chi connectivity index (χ2n) is 7.12. The molecule has 1 aliphatic heterocycles. The van der Waals surface area contributed by atoms with Gasteiger partial charge in [-0.1, -0.05) is 18.2 Å². The lowest BCUT2D eigenvalue weighted by atomic mass is 10.0. The number of fused-ring (bicyclic) bond motifs is 2. The zero-order valence-electron chi connectivity index (χ0n) is 16.7. The molecule has 0 spiro atoms. The zero-order chi connectivity index (χ0) is 21.4.